The summed E-state index contributed by atoms with van der Waals surface area (Å²) < 4.78 is 0. The summed E-state index contributed by atoms with van der Waals surface area (Å²) in [7, 11) is 0. The number of hydrogen-bond donors (Lipinski definition) is 0. The molecule has 3 atom stereocenters. The normalized spacial score (nSPS) is 23.7. The third-order valence-electron chi connectivity index (χ3n) is 7.08. The molecule has 1 aliphatic carbocycles. The van der Waals surface area contributed by atoms with E-state index in [-0.39, 0.29) is 11.8 Å². The highest BCUT2D eigenvalue weighted by atomic mass is 32.1. The Hall–Kier alpha value is -3.47. The lowest BCUT2D eigenvalue weighted by Crippen LogP contribution is -2.37. The quantitative estimate of drug-likeness (QED) is 0.512. The maximum atomic E-state index is 13.9. The standard InChI is InChI=1S/C27H23N3O3S/c1-16-9-5-7-13-20(16)30-23(17-10-3-2-4-11-17)22-24(33-30)26(32)29(25(22)31)27-19(15-28)18-12-6-8-14-21(18)34-27/h2-5,7,9-11,13,22-24H,6,8,12,14H2,1H3/t22-,23-,24-/m1/s1. The highest BCUT2D eigenvalue weighted by Crippen LogP contribution is 2.50. The average Bonchev–Trinajstić information content (AvgIpc) is 3.50. The van der Waals surface area contributed by atoms with Gasteiger partial charge in [0.25, 0.3) is 5.91 Å². The number of imide groups is 1. The van der Waals surface area contributed by atoms with Crippen LogP contribution < -0.4 is 9.96 Å². The molecule has 3 aromatic rings. The van der Waals surface area contributed by atoms with E-state index in [0.717, 1.165) is 52.9 Å². The number of benzene rings is 2. The first-order valence-corrected chi connectivity index (χ1v) is 12.4. The van der Waals surface area contributed by atoms with E-state index in [9.17, 15) is 14.9 Å². The molecular formula is C27H23N3O3S. The Morgan fingerprint density at radius 2 is 1.74 bits per heavy atom. The van der Waals surface area contributed by atoms with Crippen LogP contribution in [-0.4, -0.2) is 17.9 Å². The van der Waals surface area contributed by atoms with E-state index in [1.807, 2.05) is 61.5 Å². The largest absolute Gasteiger partial charge is 0.273 e. The van der Waals surface area contributed by atoms with Gasteiger partial charge in [0.05, 0.1) is 17.3 Å². The predicted octanol–water partition coefficient (Wildman–Crippen LogP) is 4.86. The van der Waals surface area contributed by atoms with Crippen molar-refractivity contribution in [2.45, 2.75) is 44.8 Å². The van der Waals surface area contributed by atoms with Gasteiger partial charge in [-0.2, -0.15) is 5.26 Å². The topological polar surface area (TPSA) is 73.6 Å². The minimum atomic E-state index is -0.928. The van der Waals surface area contributed by atoms with Gasteiger partial charge in [0.2, 0.25) is 5.91 Å². The summed E-state index contributed by atoms with van der Waals surface area (Å²) in [6.07, 6.45) is 2.87. The molecule has 0 spiro atoms. The predicted molar refractivity (Wildman–Crippen MR) is 129 cm³/mol. The van der Waals surface area contributed by atoms with E-state index >= 15 is 0 Å². The van der Waals surface area contributed by atoms with Gasteiger partial charge in [-0.25, -0.2) is 9.96 Å². The number of carbonyl (C=O) groups excluding carboxylic acids is 2. The van der Waals surface area contributed by atoms with Crippen molar-refractivity contribution < 1.29 is 14.4 Å². The van der Waals surface area contributed by atoms with Crippen LogP contribution in [0.4, 0.5) is 10.7 Å². The van der Waals surface area contributed by atoms with Crippen molar-refractivity contribution in [2.24, 2.45) is 5.92 Å². The fraction of sp³-hybridized carbons (Fsp3) is 0.296. The second-order valence-corrected chi connectivity index (χ2v) is 10.1. The first-order valence-electron chi connectivity index (χ1n) is 11.6. The number of rotatable bonds is 3. The minimum absolute atomic E-state index is 0.296. The third-order valence-corrected chi connectivity index (χ3v) is 8.35. The number of hydrogen-bond acceptors (Lipinski definition) is 6. The maximum Gasteiger partial charge on any atom is 0.267 e. The zero-order chi connectivity index (χ0) is 23.4. The third kappa shape index (κ3) is 3.03. The molecule has 3 aliphatic rings. The van der Waals surface area contributed by atoms with Crippen molar-refractivity contribution >= 4 is 33.8 Å². The lowest BCUT2D eigenvalue weighted by atomic mass is 9.90. The molecule has 2 aliphatic heterocycles. The Balaban J connectivity index is 1.45. The molecule has 34 heavy (non-hydrogen) atoms. The molecule has 2 fully saturated rings. The van der Waals surface area contributed by atoms with E-state index in [1.54, 1.807) is 5.06 Å². The van der Waals surface area contributed by atoms with Crippen molar-refractivity contribution in [1.82, 2.24) is 0 Å². The van der Waals surface area contributed by atoms with E-state index < -0.39 is 18.1 Å². The highest BCUT2D eigenvalue weighted by Gasteiger charge is 2.61. The van der Waals surface area contributed by atoms with Crippen LogP contribution in [0.5, 0.6) is 0 Å². The van der Waals surface area contributed by atoms with Gasteiger partial charge in [0, 0.05) is 4.88 Å². The maximum absolute atomic E-state index is 13.9. The van der Waals surface area contributed by atoms with Gasteiger partial charge in [0.15, 0.2) is 6.10 Å². The Morgan fingerprint density at radius 3 is 2.50 bits per heavy atom. The number of anilines is 2. The van der Waals surface area contributed by atoms with Gasteiger partial charge >= 0.3 is 0 Å². The number of nitriles is 1. The molecular weight excluding hydrogens is 446 g/mol. The monoisotopic (exact) mass is 469 g/mol. The molecule has 170 valence electrons. The number of amides is 2. The molecule has 0 saturated carbocycles. The first kappa shape index (κ1) is 21.1. The van der Waals surface area contributed by atoms with Crippen LogP contribution in [0, 0.1) is 24.2 Å². The molecule has 0 radical (unpaired) electrons. The summed E-state index contributed by atoms with van der Waals surface area (Å²) in [5.41, 5.74) is 4.23. The van der Waals surface area contributed by atoms with E-state index in [1.165, 1.54) is 16.2 Å². The van der Waals surface area contributed by atoms with Gasteiger partial charge in [-0.1, -0.05) is 48.5 Å². The number of thiophene rings is 1. The minimum Gasteiger partial charge on any atom is -0.273 e. The number of fused-ring (bicyclic) bond motifs is 2. The van der Waals surface area contributed by atoms with Gasteiger partial charge in [-0.15, -0.1) is 11.3 Å². The average molecular weight is 470 g/mol. The van der Waals surface area contributed by atoms with E-state index in [0.29, 0.717) is 10.6 Å². The van der Waals surface area contributed by atoms with Crippen LogP contribution in [0.25, 0.3) is 0 Å². The molecule has 2 amide bonds. The molecule has 0 unspecified atom stereocenters. The van der Waals surface area contributed by atoms with Crippen molar-refractivity contribution in [3.8, 4) is 6.07 Å². The molecule has 1 aromatic heterocycles. The van der Waals surface area contributed by atoms with Crippen LogP contribution in [0.15, 0.2) is 54.6 Å². The molecule has 0 bridgehead atoms. The summed E-state index contributed by atoms with van der Waals surface area (Å²) in [5, 5.41) is 12.1. The summed E-state index contributed by atoms with van der Waals surface area (Å²) >= 11 is 1.42. The van der Waals surface area contributed by atoms with Crippen LogP contribution in [-0.2, 0) is 27.3 Å². The number of carbonyl (C=O) groups is 2. The van der Waals surface area contributed by atoms with E-state index in [2.05, 4.69) is 6.07 Å². The van der Waals surface area contributed by atoms with Crippen molar-refractivity contribution in [3.05, 3.63) is 81.7 Å². The van der Waals surface area contributed by atoms with Crippen LogP contribution in [0.1, 0.15) is 46.0 Å². The molecule has 6 rings (SSSR count). The van der Waals surface area contributed by atoms with Gasteiger partial charge < -0.3 is 0 Å². The highest BCUT2D eigenvalue weighted by molar-refractivity contribution is 7.17. The van der Waals surface area contributed by atoms with Crippen molar-refractivity contribution in [1.29, 1.82) is 5.26 Å². The van der Waals surface area contributed by atoms with Gasteiger partial charge in [-0.3, -0.25) is 14.4 Å². The lowest BCUT2D eigenvalue weighted by Gasteiger charge is -2.29. The number of para-hydroxylation sites is 1. The first-order chi connectivity index (χ1) is 16.6. The molecule has 2 saturated heterocycles. The molecule has 6 nitrogen and oxygen atoms in total. The SMILES string of the molecule is Cc1ccccc1N1O[C@H]2C(=O)N(c3sc4c(c3C#N)CCCC4)C(=O)[C@@H]2[C@H]1c1ccccc1. The van der Waals surface area contributed by atoms with E-state index in [4.69, 9.17) is 4.84 Å². The second kappa shape index (κ2) is 8.08. The zero-order valence-electron chi connectivity index (χ0n) is 18.7. The Morgan fingerprint density at radius 1 is 1.00 bits per heavy atom. The Bertz CT molecular complexity index is 1340. The summed E-state index contributed by atoms with van der Waals surface area (Å²) in [4.78, 5) is 36.2. The molecule has 0 N–H and O–H groups in total. The van der Waals surface area contributed by atoms with Crippen molar-refractivity contribution in [2.75, 3.05) is 9.96 Å². The molecule has 2 aromatic carbocycles. The fourth-order valence-electron chi connectivity index (χ4n) is 5.45. The van der Waals surface area contributed by atoms with Gasteiger partial charge in [-0.05, 0) is 55.4 Å². The number of aryl methyl sites for hydroxylation is 2. The molecule has 7 heteroatoms. The van der Waals surface area contributed by atoms with Crippen LogP contribution >= 0.6 is 11.3 Å². The van der Waals surface area contributed by atoms with Crippen LogP contribution in [0.3, 0.4) is 0 Å². The summed E-state index contributed by atoms with van der Waals surface area (Å²) in [5.74, 6) is -1.38. The second-order valence-electron chi connectivity index (χ2n) is 9.03. The Kier molecular flexibility index (Phi) is 5.01. The Labute approximate surface area is 201 Å². The van der Waals surface area contributed by atoms with Gasteiger partial charge in [0.1, 0.15) is 17.0 Å². The number of hydroxylamine groups is 1. The smallest absolute Gasteiger partial charge is 0.267 e. The fourth-order valence-corrected chi connectivity index (χ4v) is 6.80. The molecule has 3 heterocycles. The summed E-state index contributed by atoms with van der Waals surface area (Å²) in [6, 6.07) is 19.4. The zero-order valence-corrected chi connectivity index (χ0v) is 19.5. The lowest BCUT2D eigenvalue weighted by molar-refractivity contribution is -0.126. The summed E-state index contributed by atoms with van der Waals surface area (Å²) in [6.45, 7) is 1.99. The van der Waals surface area contributed by atoms with Crippen molar-refractivity contribution in [3.63, 3.8) is 0 Å². The number of nitrogens with zero attached hydrogens (tertiary/aromatic N) is 3. The van der Waals surface area contributed by atoms with Crippen LogP contribution in [0.2, 0.25) is 0 Å².